The predicted octanol–water partition coefficient (Wildman–Crippen LogP) is 3.52. The van der Waals surface area contributed by atoms with E-state index in [2.05, 4.69) is 17.4 Å². The van der Waals surface area contributed by atoms with E-state index in [4.69, 9.17) is 10.1 Å². The van der Waals surface area contributed by atoms with Crippen molar-refractivity contribution in [3.8, 4) is 0 Å². The molecule has 1 aromatic rings. The van der Waals surface area contributed by atoms with Crippen molar-refractivity contribution in [3.05, 3.63) is 29.1 Å². The average Bonchev–Trinajstić information content (AvgIpc) is 2.57. The number of likely N-dealkylation sites (N-methyl/N-ethyl adjacent to an activating group) is 1. The molecule has 1 heterocycles. The highest BCUT2D eigenvalue weighted by atomic mass is 16.4. The van der Waals surface area contributed by atoms with E-state index in [1.165, 1.54) is 55.5 Å². The highest BCUT2D eigenvalue weighted by Crippen LogP contribution is 2.20. The predicted molar refractivity (Wildman–Crippen MR) is 92.8 cm³/mol. The van der Waals surface area contributed by atoms with Crippen LogP contribution in [0.3, 0.4) is 0 Å². The molecule has 0 bridgehead atoms. The summed E-state index contributed by atoms with van der Waals surface area (Å²) in [6.07, 6.45) is 12.4. The Labute approximate surface area is 139 Å². The minimum Gasteiger partial charge on any atom is -0.480 e. The summed E-state index contributed by atoms with van der Waals surface area (Å²) in [5, 5.41) is 11.8. The number of unbranched alkanes of at least 4 members (excludes halogenated alkanes) is 4. The number of rotatable bonds is 10. The van der Waals surface area contributed by atoms with Gasteiger partial charge in [-0.3, -0.25) is 9.78 Å². The standard InChI is InChI=1S/C19H30N2O2/c1-20-18(19(22)23)12-6-4-2-3-5-10-16-14-13-15-9-7-8-11-17(15)21-16/h13-14,18,20H,2-12H2,1H3,(H,22,23). The number of nitrogens with one attached hydrogen (secondary N) is 1. The lowest BCUT2D eigenvalue weighted by atomic mass is 9.95. The number of aromatic nitrogens is 1. The molecule has 4 heteroatoms. The largest absolute Gasteiger partial charge is 0.480 e. The fraction of sp³-hybridized carbons (Fsp3) is 0.684. The molecule has 0 radical (unpaired) electrons. The van der Waals surface area contributed by atoms with Crippen LogP contribution in [0.15, 0.2) is 12.1 Å². The zero-order valence-corrected chi connectivity index (χ0v) is 14.3. The third-order valence-electron chi connectivity index (χ3n) is 4.81. The van der Waals surface area contributed by atoms with Crippen LogP contribution in [-0.2, 0) is 24.1 Å². The Morgan fingerprint density at radius 1 is 1.17 bits per heavy atom. The first-order chi connectivity index (χ1) is 11.2. The number of fused-ring (bicyclic) bond motifs is 1. The van der Waals surface area contributed by atoms with Crippen LogP contribution in [0.5, 0.6) is 0 Å². The fourth-order valence-corrected chi connectivity index (χ4v) is 3.34. The molecule has 0 amide bonds. The number of nitrogens with zero attached hydrogens (tertiary/aromatic N) is 1. The van der Waals surface area contributed by atoms with Crippen LogP contribution in [-0.4, -0.2) is 29.1 Å². The summed E-state index contributed by atoms with van der Waals surface area (Å²) in [4.78, 5) is 15.7. The Balaban J connectivity index is 1.58. The Kier molecular flexibility index (Phi) is 7.53. The second-order valence-electron chi connectivity index (χ2n) is 6.60. The molecule has 0 spiro atoms. The quantitative estimate of drug-likeness (QED) is 0.648. The molecule has 4 nitrogen and oxygen atoms in total. The Bertz CT molecular complexity index is 502. The van der Waals surface area contributed by atoms with Crippen LogP contribution in [0.25, 0.3) is 0 Å². The van der Waals surface area contributed by atoms with Gasteiger partial charge in [0, 0.05) is 11.4 Å². The second-order valence-corrected chi connectivity index (χ2v) is 6.60. The highest BCUT2D eigenvalue weighted by molar-refractivity contribution is 5.73. The first kappa shape index (κ1) is 17.9. The molecule has 0 saturated heterocycles. The lowest BCUT2D eigenvalue weighted by Gasteiger charge is -2.15. The number of hydrogen-bond donors (Lipinski definition) is 2. The topological polar surface area (TPSA) is 62.2 Å². The maximum Gasteiger partial charge on any atom is 0.320 e. The molecule has 1 aliphatic carbocycles. The number of carboxylic acid groups (broad SMARTS) is 1. The van der Waals surface area contributed by atoms with Gasteiger partial charge < -0.3 is 10.4 Å². The third-order valence-corrected chi connectivity index (χ3v) is 4.81. The molecule has 1 aliphatic rings. The summed E-state index contributed by atoms with van der Waals surface area (Å²) in [5.41, 5.74) is 4.03. The number of carboxylic acids is 1. The minimum absolute atomic E-state index is 0.394. The van der Waals surface area contributed by atoms with E-state index in [0.717, 1.165) is 32.1 Å². The summed E-state index contributed by atoms with van der Waals surface area (Å²) >= 11 is 0. The fourth-order valence-electron chi connectivity index (χ4n) is 3.34. The normalized spacial score (nSPS) is 15.2. The van der Waals surface area contributed by atoms with Crippen molar-refractivity contribution < 1.29 is 9.90 Å². The third kappa shape index (κ3) is 5.94. The van der Waals surface area contributed by atoms with Gasteiger partial charge in [0.1, 0.15) is 6.04 Å². The molecular formula is C19H30N2O2. The van der Waals surface area contributed by atoms with Crippen molar-refractivity contribution in [2.75, 3.05) is 7.05 Å². The molecule has 0 saturated carbocycles. The number of pyridine rings is 1. The summed E-state index contributed by atoms with van der Waals surface area (Å²) < 4.78 is 0. The molecule has 128 valence electrons. The van der Waals surface area contributed by atoms with Crippen LogP contribution >= 0.6 is 0 Å². The summed E-state index contributed by atoms with van der Waals surface area (Å²) in [6, 6.07) is 4.09. The van der Waals surface area contributed by atoms with E-state index in [1.807, 2.05) is 0 Å². The van der Waals surface area contributed by atoms with Gasteiger partial charge in [-0.15, -0.1) is 0 Å². The van der Waals surface area contributed by atoms with Gasteiger partial charge in [-0.1, -0.05) is 31.7 Å². The molecule has 0 aliphatic heterocycles. The first-order valence-electron chi connectivity index (χ1n) is 9.08. The molecule has 1 unspecified atom stereocenters. The van der Waals surface area contributed by atoms with Gasteiger partial charge >= 0.3 is 5.97 Å². The van der Waals surface area contributed by atoms with Gasteiger partial charge in [-0.05, 0) is 63.6 Å². The SMILES string of the molecule is CNC(CCCCCCCc1ccc2c(n1)CCCC2)C(=O)O. The number of hydrogen-bond acceptors (Lipinski definition) is 3. The van der Waals surface area contributed by atoms with Crippen molar-refractivity contribution in [1.29, 1.82) is 0 Å². The van der Waals surface area contributed by atoms with Crippen molar-refractivity contribution in [3.63, 3.8) is 0 Å². The molecule has 0 fully saturated rings. The van der Waals surface area contributed by atoms with Crippen LogP contribution < -0.4 is 5.32 Å². The molecule has 1 aromatic heterocycles. The van der Waals surface area contributed by atoms with E-state index in [-0.39, 0.29) is 0 Å². The van der Waals surface area contributed by atoms with E-state index in [1.54, 1.807) is 7.05 Å². The van der Waals surface area contributed by atoms with Crippen LogP contribution in [0, 0.1) is 0 Å². The molecule has 23 heavy (non-hydrogen) atoms. The van der Waals surface area contributed by atoms with Crippen LogP contribution in [0.2, 0.25) is 0 Å². The lowest BCUT2D eigenvalue weighted by Crippen LogP contribution is -2.33. The number of carbonyl (C=O) groups is 1. The second kappa shape index (κ2) is 9.66. The van der Waals surface area contributed by atoms with E-state index < -0.39 is 12.0 Å². The summed E-state index contributed by atoms with van der Waals surface area (Å²) in [7, 11) is 1.71. The molecule has 2 rings (SSSR count). The average molecular weight is 318 g/mol. The molecule has 0 aromatic carbocycles. The molecular weight excluding hydrogens is 288 g/mol. The monoisotopic (exact) mass is 318 g/mol. The zero-order chi connectivity index (χ0) is 16.5. The Morgan fingerprint density at radius 2 is 1.91 bits per heavy atom. The van der Waals surface area contributed by atoms with Crippen molar-refractivity contribution in [2.24, 2.45) is 0 Å². The van der Waals surface area contributed by atoms with Gasteiger partial charge in [0.15, 0.2) is 0 Å². The summed E-state index contributed by atoms with van der Waals surface area (Å²) in [6.45, 7) is 0. The van der Waals surface area contributed by atoms with Crippen molar-refractivity contribution in [1.82, 2.24) is 10.3 Å². The van der Waals surface area contributed by atoms with Gasteiger partial charge in [0.25, 0.3) is 0 Å². The zero-order valence-electron chi connectivity index (χ0n) is 14.3. The van der Waals surface area contributed by atoms with Gasteiger partial charge in [0.2, 0.25) is 0 Å². The molecule has 2 N–H and O–H groups in total. The van der Waals surface area contributed by atoms with Crippen LogP contribution in [0.4, 0.5) is 0 Å². The van der Waals surface area contributed by atoms with E-state index in [9.17, 15) is 4.79 Å². The van der Waals surface area contributed by atoms with Crippen molar-refractivity contribution in [2.45, 2.75) is 76.7 Å². The first-order valence-corrected chi connectivity index (χ1v) is 9.08. The summed E-state index contributed by atoms with van der Waals surface area (Å²) in [5.74, 6) is -0.744. The maximum absolute atomic E-state index is 10.9. The number of aryl methyl sites for hydroxylation is 3. The maximum atomic E-state index is 10.9. The van der Waals surface area contributed by atoms with Gasteiger partial charge in [-0.2, -0.15) is 0 Å². The van der Waals surface area contributed by atoms with E-state index in [0.29, 0.717) is 0 Å². The lowest BCUT2D eigenvalue weighted by molar-refractivity contribution is -0.139. The smallest absolute Gasteiger partial charge is 0.320 e. The Morgan fingerprint density at radius 3 is 2.70 bits per heavy atom. The Hall–Kier alpha value is -1.42. The van der Waals surface area contributed by atoms with Crippen molar-refractivity contribution >= 4 is 5.97 Å². The van der Waals surface area contributed by atoms with Gasteiger partial charge in [-0.25, -0.2) is 0 Å². The van der Waals surface area contributed by atoms with E-state index >= 15 is 0 Å². The highest BCUT2D eigenvalue weighted by Gasteiger charge is 2.13. The number of aliphatic carboxylic acids is 1. The molecule has 1 atom stereocenters. The van der Waals surface area contributed by atoms with Gasteiger partial charge in [0.05, 0.1) is 0 Å². The van der Waals surface area contributed by atoms with Crippen LogP contribution in [0.1, 0.15) is 68.3 Å². The minimum atomic E-state index is -0.744.